The molecule has 76 valence electrons. The summed E-state index contributed by atoms with van der Waals surface area (Å²) in [6.07, 6.45) is 1.89. The van der Waals surface area contributed by atoms with Gasteiger partial charge in [-0.2, -0.15) is 0 Å². The Morgan fingerprint density at radius 3 is 2.57 bits per heavy atom. The highest BCUT2D eigenvalue weighted by atomic mass is 35.5. The summed E-state index contributed by atoms with van der Waals surface area (Å²) in [7, 11) is 0.142. The zero-order valence-corrected chi connectivity index (χ0v) is 10.2. The third kappa shape index (κ3) is 2.95. The van der Waals surface area contributed by atoms with Crippen LogP contribution in [0.3, 0.4) is 0 Å². The molecule has 1 nitrogen and oxygen atoms in total. The fourth-order valence-electron chi connectivity index (χ4n) is 1.27. The smallest absolute Gasteiger partial charge is 0.163 e. The van der Waals surface area contributed by atoms with Gasteiger partial charge in [-0.1, -0.05) is 42.6 Å². The van der Waals surface area contributed by atoms with Crippen molar-refractivity contribution in [3.63, 3.8) is 0 Å². The lowest BCUT2D eigenvalue weighted by Gasteiger charge is -2.08. The summed E-state index contributed by atoms with van der Waals surface area (Å²) in [5.74, 6) is 0. The molecule has 0 N–H and O–H groups in total. The van der Waals surface area contributed by atoms with Crippen LogP contribution in [0.2, 0.25) is 10.0 Å². The lowest BCUT2D eigenvalue weighted by Crippen LogP contribution is -1.89. The summed E-state index contributed by atoms with van der Waals surface area (Å²) in [5.41, 5.74) is 1.02. The van der Waals surface area contributed by atoms with E-state index in [1.807, 2.05) is 6.07 Å². The molecule has 0 aromatic heterocycles. The summed E-state index contributed by atoms with van der Waals surface area (Å²) in [4.78, 5) is 0. The van der Waals surface area contributed by atoms with Crippen LogP contribution in [0.25, 0.3) is 0 Å². The van der Waals surface area contributed by atoms with Crippen molar-refractivity contribution in [3.8, 4) is 0 Å². The molecule has 0 saturated carbocycles. The molecule has 0 aliphatic heterocycles. The van der Waals surface area contributed by atoms with E-state index in [4.69, 9.17) is 23.2 Å². The molecule has 1 aromatic rings. The number of rotatable bonds is 4. The van der Waals surface area contributed by atoms with Gasteiger partial charge in [0.1, 0.15) is 0 Å². The number of benzene rings is 1. The molecule has 1 aromatic carbocycles. The van der Waals surface area contributed by atoms with Crippen molar-refractivity contribution in [3.05, 3.63) is 33.8 Å². The minimum Gasteiger partial charge on any atom is -0.274 e. The Kier molecular flexibility index (Phi) is 4.88. The second kappa shape index (κ2) is 5.70. The normalized spacial score (nSPS) is 13.1. The number of halogens is 2. The van der Waals surface area contributed by atoms with Crippen LogP contribution < -0.4 is 0 Å². The van der Waals surface area contributed by atoms with E-state index in [0.29, 0.717) is 10.0 Å². The second-order valence-corrected chi connectivity index (χ2v) is 4.73. The van der Waals surface area contributed by atoms with Gasteiger partial charge in [-0.25, -0.2) is 0 Å². The van der Waals surface area contributed by atoms with Gasteiger partial charge < -0.3 is 0 Å². The second-order valence-electron chi connectivity index (χ2n) is 3.08. The monoisotopic (exact) mass is 248 g/mol. The molecule has 0 radical (unpaired) electrons. The topological polar surface area (TPSA) is 17.1 Å². The van der Waals surface area contributed by atoms with E-state index in [1.165, 1.54) is 0 Å². The molecule has 0 amide bonds. The van der Waals surface area contributed by atoms with Crippen LogP contribution in [0.1, 0.15) is 31.0 Å². The van der Waals surface area contributed by atoms with Crippen LogP contribution in [0.4, 0.5) is 0 Å². The molecule has 0 aliphatic carbocycles. The van der Waals surface area contributed by atoms with E-state index in [1.54, 1.807) is 12.1 Å². The zero-order valence-electron chi connectivity index (χ0n) is 7.84. The van der Waals surface area contributed by atoms with Crippen molar-refractivity contribution < 1.29 is 4.57 Å². The largest absolute Gasteiger partial charge is 0.274 e. The minimum atomic E-state index is 0.0368. The molecule has 1 rings (SSSR count). The van der Waals surface area contributed by atoms with Gasteiger partial charge in [0.15, 0.2) is 8.46 Å². The summed E-state index contributed by atoms with van der Waals surface area (Å²) in [6, 6.07) is 5.40. The van der Waals surface area contributed by atoms with Gasteiger partial charge in [0, 0.05) is 0 Å². The van der Waals surface area contributed by atoms with E-state index < -0.39 is 0 Å². The predicted molar refractivity (Wildman–Crippen MR) is 61.7 cm³/mol. The van der Waals surface area contributed by atoms with Gasteiger partial charge in [0.05, 0.1) is 15.7 Å². The zero-order chi connectivity index (χ0) is 10.6. The molecule has 0 heterocycles. The predicted octanol–water partition coefficient (Wildman–Crippen LogP) is 5.13. The highest BCUT2D eigenvalue weighted by Gasteiger charge is 2.11. The van der Waals surface area contributed by atoms with Crippen LogP contribution in [-0.4, -0.2) is 0 Å². The van der Waals surface area contributed by atoms with E-state index in [2.05, 4.69) is 6.92 Å². The van der Waals surface area contributed by atoms with E-state index in [-0.39, 0.29) is 14.1 Å². The first-order valence-electron chi connectivity index (χ1n) is 4.46. The highest BCUT2D eigenvalue weighted by molar-refractivity contribution is 7.24. The Morgan fingerprint density at radius 1 is 1.36 bits per heavy atom. The third-order valence-corrected chi connectivity index (χ3v) is 3.57. The van der Waals surface area contributed by atoms with Gasteiger partial charge in [-0.15, -0.1) is 0 Å². The Balaban J connectivity index is 2.93. The van der Waals surface area contributed by atoms with Crippen LogP contribution >= 0.6 is 31.7 Å². The Bertz CT molecular complexity index is 328. The molecule has 1 unspecified atom stereocenters. The van der Waals surface area contributed by atoms with Crippen LogP contribution in [0, 0.1) is 0 Å². The van der Waals surface area contributed by atoms with Crippen molar-refractivity contribution >= 4 is 31.7 Å². The van der Waals surface area contributed by atoms with Crippen molar-refractivity contribution in [2.75, 3.05) is 0 Å². The SMILES string of the molecule is CCCC(P=O)c1ccc(Cl)c(Cl)c1. The van der Waals surface area contributed by atoms with Gasteiger partial charge >= 0.3 is 0 Å². The van der Waals surface area contributed by atoms with Crippen molar-refractivity contribution in [2.45, 2.75) is 25.4 Å². The Labute approximate surface area is 95.6 Å². The van der Waals surface area contributed by atoms with Gasteiger partial charge in [-0.05, 0) is 24.1 Å². The van der Waals surface area contributed by atoms with Crippen molar-refractivity contribution in [1.29, 1.82) is 0 Å². The Hall–Kier alpha value is -0.100. The maximum absolute atomic E-state index is 10.9. The first-order valence-corrected chi connectivity index (χ1v) is 6.10. The third-order valence-electron chi connectivity index (χ3n) is 2.02. The quantitative estimate of drug-likeness (QED) is 0.676. The van der Waals surface area contributed by atoms with Crippen LogP contribution in [0.15, 0.2) is 18.2 Å². The lowest BCUT2D eigenvalue weighted by atomic mass is 10.1. The first-order chi connectivity index (χ1) is 6.69. The average molecular weight is 249 g/mol. The fraction of sp³-hybridized carbons (Fsp3) is 0.400. The van der Waals surface area contributed by atoms with E-state index >= 15 is 0 Å². The lowest BCUT2D eigenvalue weighted by molar-refractivity contribution is 0.586. The van der Waals surface area contributed by atoms with Crippen LogP contribution in [-0.2, 0) is 4.57 Å². The number of hydrogen-bond donors (Lipinski definition) is 0. The summed E-state index contributed by atoms with van der Waals surface area (Å²) < 4.78 is 10.9. The Morgan fingerprint density at radius 2 is 2.07 bits per heavy atom. The molecule has 0 bridgehead atoms. The van der Waals surface area contributed by atoms with Crippen molar-refractivity contribution in [1.82, 2.24) is 0 Å². The molecule has 0 saturated heterocycles. The summed E-state index contributed by atoms with van der Waals surface area (Å²) in [6.45, 7) is 2.07. The highest BCUT2D eigenvalue weighted by Crippen LogP contribution is 2.34. The van der Waals surface area contributed by atoms with Gasteiger partial charge in [0.2, 0.25) is 0 Å². The minimum absolute atomic E-state index is 0.0368. The van der Waals surface area contributed by atoms with Crippen molar-refractivity contribution in [2.24, 2.45) is 0 Å². The average Bonchev–Trinajstić information content (AvgIpc) is 2.19. The maximum Gasteiger partial charge on any atom is 0.163 e. The molecule has 0 fully saturated rings. The first kappa shape index (κ1) is 12.0. The molecule has 0 spiro atoms. The van der Waals surface area contributed by atoms with E-state index in [9.17, 15) is 4.57 Å². The maximum atomic E-state index is 10.9. The molecular formula is C10H11Cl2OP. The van der Waals surface area contributed by atoms with E-state index in [0.717, 1.165) is 18.4 Å². The molecule has 0 aliphatic rings. The molecular weight excluding hydrogens is 238 g/mol. The fourth-order valence-corrected chi connectivity index (χ4v) is 2.23. The molecule has 14 heavy (non-hydrogen) atoms. The van der Waals surface area contributed by atoms with Gasteiger partial charge in [-0.3, -0.25) is 4.57 Å². The van der Waals surface area contributed by atoms with Gasteiger partial charge in [0.25, 0.3) is 0 Å². The summed E-state index contributed by atoms with van der Waals surface area (Å²) >= 11 is 11.7. The standard InChI is InChI=1S/C10H11Cl2OP/c1-2-3-10(14-13)7-4-5-8(11)9(12)6-7/h4-6,10H,2-3H2,1H3. The number of hydrogen-bond acceptors (Lipinski definition) is 1. The molecule has 1 atom stereocenters. The molecule has 4 heteroatoms. The summed E-state index contributed by atoms with van der Waals surface area (Å²) in [5, 5.41) is 1.06. The van der Waals surface area contributed by atoms with Crippen LogP contribution in [0.5, 0.6) is 0 Å².